The number of carbonyl (C=O) groups excluding carboxylic acids is 1. The fourth-order valence-electron chi connectivity index (χ4n) is 3.69. The highest BCUT2D eigenvalue weighted by Gasteiger charge is 2.23. The summed E-state index contributed by atoms with van der Waals surface area (Å²) in [6.07, 6.45) is 1.69. The average molecular weight is 431 g/mol. The van der Waals surface area contributed by atoms with Crippen molar-refractivity contribution >= 4 is 16.8 Å². The topological polar surface area (TPSA) is 99.9 Å². The van der Waals surface area contributed by atoms with E-state index in [4.69, 9.17) is 4.74 Å². The zero-order valence-corrected chi connectivity index (χ0v) is 18.3. The molecule has 0 fully saturated rings. The second-order valence-electron chi connectivity index (χ2n) is 7.95. The lowest BCUT2D eigenvalue weighted by molar-refractivity contribution is -0.128. The van der Waals surface area contributed by atoms with Crippen LogP contribution in [0.15, 0.2) is 65.6 Å². The van der Waals surface area contributed by atoms with Gasteiger partial charge in [-0.3, -0.25) is 9.59 Å². The number of nitrogens with zero attached hydrogens (tertiary/aromatic N) is 1. The fraction of sp³-hybridized carbons (Fsp3) is 0.240. The minimum absolute atomic E-state index is 0.255. The Morgan fingerprint density at radius 3 is 2.62 bits per heavy atom. The molecule has 0 bridgehead atoms. The number of amides is 1. The minimum Gasteiger partial charge on any atom is -0.481 e. The molecule has 2 aromatic heterocycles. The van der Waals surface area contributed by atoms with Gasteiger partial charge < -0.3 is 20.0 Å². The molecule has 0 saturated carbocycles. The van der Waals surface area contributed by atoms with Crippen molar-refractivity contribution in [3.05, 3.63) is 93.8 Å². The SMILES string of the molecule is Cc1ccc(O[C@H](C)C(=O)N[C@@H](Cc2c[nH]c3ccccc23)c2cc(=O)[nH]c(C)n2)cc1. The Kier molecular flexibility index (Phi) is 6.07. The van der Waals surface area contributed by atoms with E-state index in [9.17, 15) is 9.59 Å². The predicted molar refractivity (Wildman–Crippen MR) is 124 cm³/mol. The number of ether oxygens (including phenoxy) is 1. The zero-order chi connectivity index (χ0) is 22.7. The quantitative estimate of drug-likeness (QED) is 0.416. The van der Waals surface area contributed by atoms with Gasteiger partial charge in [0.15, 0.2) is 6.10 Å². The van der Waals surface area contributed by atoms with Crippen molar-refractivity contribution in [3.63, 3.8) is 0 Å². The summed E-state index contributed by atoms with van der Waals surface area (Å²) in [7, 11) is 0. The van der Waals surface area contributed by atoms with Crippen molar-refractivity contribution < 1.29 is 9.53 Å². The molecular weight excluding hydrogens is 404 g/mol. The van der Waals surface area contributed by atoms with Gasteiger partial charge in [-0.05, 0) is 44.5 Å². The summed E-state index contributed by atoms with van der Waals surface area (Å²) in [4.78, 5) is 35.5. The number of hydrogen-bond acceptors (Lipinski definition) is 4. The van der Waals surface area contributed by atoms with E-state index in [1.54, 1.807) is 13.8 Å². The molecule has 0 aliphatic carbocycles. The van der Waals surface area contributed by atoms with Crippen LogP contribution in [0.5, 0.6) is 5.75 Å². The Morgan fingerprint density at radius 1 is 1.12 bits per heavy atom. The van der Waals surface area contributed by atoms with E-state index in [-0.39, 0.29) is 11.5 Å². The molecule has 1 amide bonds. The normalized spacial score (nSPS) is 13.0. The molecule has 4 aromatic rings. The Labute approximate surface area is 185 Å². The lowest BCUT2D eigenvalue weighted by atomic mass is 10.0. The standard InChI is InChI=1S/C25H26N4O3/c1-15-8-10-19(11-9-15)32-16(2)25(31)29-22(23-13-24(30)28-17(3)27-23)12-18-14-26-21-7-5-4-6-20(18)21/h4-11,13-14,16,22,26H,12H2,1-3H3,(H,29,31)(H,27,28,30)/t16-,22+/m1/s1. The van der Waals surface area contributed by atoms with Crippen LogP contribution in [0.25, 0.3) is 10.9 Å². The van der Waals surface area contributed by atoms with Crippen LogP contribution in [0.2, 0.25) is 0 Å². The summed E-state index contributed by atoms with van der Waals surface area (Å²) >= 11 is 0. The Bertz CT molecular complexity index is 1290. The summed E-state index contributed by atoms with van der Waals surface area (Å²) < 4.78 is 5.81. The lowest BCUT2D eigenvalue weighted by Gasteiger charge is -2.21. The lowest BCUT2D eigenvalue weighted by Crippen LogP contribution is -2.40. The van der Waals surface area contributed by atoms with Crippen LogP contribution in [-0.4, -0.2) is 27.0 Å². The number of aromatic amines is 2. The number of para-hydroxylation sites is 1. The first-order valence-corrected chi connectivity index (χ1v) is 10.6. The second kappa shape index (κ2) is 9.09. The maximum atomic E-state index is 13.0. The summed E-state index contributed by atoms with van der Waals surface area (Å²) in [6.45, 7) is 5.42. The summed E-state index contributed by atoms with van der Waals surface area (Å²) in [5, 5.41) is 4.10. The molecule has 3 N–H and O–H groups in total. The smallest absolute Gasteiger partial charge is 0.261 e. The van der Waals surface area contributed by atoms with Gasteiger partial charge in [-0.15, -0.1) is 0 Å². The molecule has 0 spiro atoms. The molecule has 32 heavy (non-hydrogen) atoms. The number of benzene rings is 2. The highest BCUT2D eigenvalue weighted by atomic mass is 16.5. The molecule has 4 rings (SSSR count). The third kappa shape index (κ3) is 4.88. The van der Waals surface area contributed by atoms with Crippen LogP contribution in [-0.2, 0) is 11.2 Å². The van der Waals surface area contributed by atoms with E-state index < -0.39 is 12.1 Å². The molecule has 7 heteroatoms. The predicted octanol–water partition coefficient (Wildman–Crippen LogP) is 3.74. The molecule has 164 valence electrons. The molecule has 0 unspecified atom stereocenters. The van der Waals surface area contributed by atoms with Crippen molar-refractivity contribution in [1.29, 1.82) is 0 Å². The number of H-pyrrole nitrogens is 2. The van der Waals surface area contributed by atoms with Gasteiger partial charge in [0, 0.05) is 29.6 Å². The number of carbonyl (C=O) groups is 1. The first-order chi connectivity index (χ1) is 15.4. The van der Waals surface area contributed by atoms with Gasteiger partial charge in [0.05, 0.1) is 11.7 Å². The van der Waals surface area contributed by atoms with E-state index in [1.807, 2.05) is 61.7 Å². The first kappa shape index (κ1) is 21.4. The number of nitrogens with one attached hydrogen (secondary N) is 3. The van der Waals surface area contributed by atoms with Crippen LogP contribution >= 0.6 is 0 Å². The Hall–Kier alpha value is -3.87. The molecule has 2 atom stereocenters. The van der Waals surface area contributed by atoms with Gasteiger partial charge in [-0.25, -0.2) is 4.98 Å². The van der Waals surface area contributed by atoms with Gasteiger partial charge >= 0.3 is 0 Å². The maximum Gasteiger partial charge on any atom is 0.261 e. The first-order valence-electron chi connectivity index (χ1n) is 10.6. The monoisotopic (exact) mass is 430 g/mol. The number of aryl methyl sites for hydroxylation is 2. The Balaban J connectivity index is 1.59. The summed E-state index contributed by atoms with van der Waals surface area (Å²) in [5.41, 5.74) is 3.41. The molecule has 0 aliphatic rings. The number of hydrogen-bond donors (Lipinski definition) is 3. The van der Waals surface area contributed by atoms with Gasteiger partial charge in [-0.1, -0.05) is 35.9 Å². The molecule has 2 aromatic carbocycles. The van der Waals surface area contributed by atoms with Gasteiger partial charge in [0.1, 0.15) is 11.6 Å². The molecule has 2 heterocycles. The third-order valence-electron chi connectivity index (χ3n) is 5.36. The average Bonchev–Trinajstić information content (AvgIpc) is 3.17. The van der Waals surface area contributed by atoms with E-state index in [0.29, 0.717) is 23.7 Å². The third-order valence-corrected chi connectivity index (χ3v) is 5.36. The van der Waals surface area contributed by atoms with Gasteiger partial charge in [0.2, 0.25) is 0 Å². The minimum atomic E-state index is -0.716. The molecule has 0 saturated heterocycles. The molecule has 7 nitrogen and oxygen atoms in total. The molecular formula is C25H26N4O3. The second-order valence-corrected chi connectivity index (χ2v) is 7.95. The van der Waals surface area contributed by atoms with Crippen LogP contribution in [0.4, 0.5) is 0 Å². The fourth-order valence-corrected chi connectivity index (χ4v) is 3.69. The van der Waals surface area contributed by atoms with Crippen molar-refractivity contribution in [2.75, 3.05) is 0 Å². The van der Waals surface area contributed by atoms with Crippen molar-refractivity contribution in [3.8, 4) is 5.75 Å². The van der Waals surface area contributed by atoms with E-state index in [2.05, 4.69) is 20.3 Å². The summed E-state index contributed by atoms with van der Waals surface area (Å²) in [6, 6.07) is 16.4. The zero-order valence-electron chi connectivity index (χ0n) is 18.3. The maximum absolute atomic E-state index is 13.0. The van der Waals surface area contributed by atoms with E-state index >= 15 is 0 Å². The highest BCUT2D eigenvalue weighted by molar-refractivity contribution is 5.84. The Morgan fingerprint density at radius 2 is 1.88 bits per heavy atom. The van der Waals surface area contributed by atoms with Crippen LogP contribution in [0.1, 0.15) is 35.6 Å². The van der Waals surface area contributed by atoms with Crippen LogP contribution < -0.4 is 15.6 Å². The van der Waals surface area contributed by atoms with Gasteiger partial charge in [-0.2, -0.15) is 0 Å². The summed E-state index contributed by atoms with van der Waals surface area (Å²) in [5.74, 6) is 0.835. The molecule has 0 radical (unpaired) electrons. The van der Waals surface area contributed by atoms with Crippen LogP contribution in [0.3, 0.4) is 0 Å². The number of aromatic nitrogens is 3. The van der Waals surface area contributed by atoms with Crippen molar-refractivity contribution in [2.24, 2.45) is 0 Å². The van der Waals surface area contributed by atoms with Crippen molar-refractivity contribution in [2.45, 2.75) is 39.3 Å². The van der Waals surface area contributed by atoms with E-state index in [0.717, 1.165) is 22.0 Å². The largest absolute Gasteiger partial charge is 0.481 e. The highest BCUT2D eigenvalue weighted by Crippen LogP contribution is 2.24. The number of rotatable bonds is 7. The molecule has 0 aliphatic heterocycles. The van der Waals surface area contributed by atoms with Crippen LogP contribution in [0, 0.1) is 13.8 Å². The number of fused-ring (bicyclic) bond motifs is 1. The van der Waals surface area contributed by atoms with Crippen molar-refractivity contribution in [1.82, 2.24) is 20.3 Å². The van der Waals surface area contributed by atoms with E-state index in [1.165, 1.54) is 6.07 Å². The van der Waals surface area contributed by atoms with Gasteiger partial charge in [0.25, 0.3) is 11.5 Å².